The van der Waals surface area contributed by atoms with Gasteiger partial charge < -0.3 is 9.80 Å². The zero-order valence-corrected chi connectivity index (χ0v) is 13.8. The first-order chi connectivity index (χ1) is 9.10. The van der Waals surface area contributed by atoms with E-state index in [1.165, 1.54) is 13.0 Å². The van der Waals surface area contributed by atoms with E-state index in [9.17, 15) is 4.79 Å². The van der Waals surface area contributed by atoms with Crippen molar-refractivity contribution in [2.75, 3.05) is 38.1 Å². The predicted molar refractivity (Wildman–Crippen MR) is 87.6 cm³/mol. The smallest absolute Gasteiger partial charge is 0.200 e. The predicted octanol–water partition coefficient (Wildman–Crippen LogP) is 3.24. The van der Waals surface area contributed by atoms with Crippen molar-refractivity contribution in [3.63, 3.8) is 0 Å². The molecule has 0 aromatic heterocycles. The molecule has 1 rings (SSSR count). The Morgan fingerprint density at radius 2 is 1.79 bits per heavy atom. The molecule has 0 saturated heterocycles. The maximum atomic E-state index is 11.0. The van der Waals surface area contributed by atoms with E-state index in [2.05, 4.69) is 23.6 Å². The lowest BCUT2D eigenvalue weighted by molar-refractivity contribution is 0.286. The number of nitrogens with zero attached hydrogens (tertiary/aromatic N) is 2. The Balaban J connectivity index is 0.00000154. The fraction of sp³-hybridized carbons (Fsp3) is 0.733. The molecular weight excluding hydrogens is 256 g/mol. The Morgan fingerprint density at radius 1 is 1.16 bits per heavy atom. The van der Waals surface area contributed by atoms with Crippen LogP contribution in [-0.2, 0) is 0 Å². The molecule has 1 aromatic rings. The van der Waals surface area contributed by atoms with Crippen molar-refractivity contribution >= 4 is 17.9 Å². The number of anilines is 1. The van der Waals surface area contributed by atoms with Crippen LogP contribution in [0.4, 0.5) is 5.69 Å². The van der Waals surface area contributed by atoms with Gasteiger partial charge in [0.25, 0.3) is 0 Å². The van der Waals surface area contributed by atoms with Gasteiger partial charge in [-0.1, -0.05) is 39.9 Å². The molecule has 0 N–H and O–H groups in total. The summed E-state index contributed by atoms with van der Waals surface area (Å²) in [4.78, 5) is 15.5. The average Bonchev–Trinajstić information content (AvgIpc) is 2.45. The summed E-state index contributed by atoms with van der Waals surface area (Å²) >= 11 is 5.00. The molecule has 0 amide bonds. The number of rotatable bonds is 8. The summed E-state index contributed by atoms with van der Waals surface area (Å²) in [5.41, 5.74) is 0.937. The zero-order valence-electron chi connectivity index (χ0n) is 13.0. The van der Waals surface area contributed by atoms with E-state index in [0.717, 1.165) is 31.7 Å². The van der Waals surface area contributed by atoms with Crippen LogP contribution < -0.4 is 10.3 Å². The Labute approximate surface area is 122 Å². The summed E-state index contributed by atoms with van der Waals surface area (Å²) in [5, 5.41) is 0. The summed E-state index contributed by atoms with van der Waals surface area (Å²) in [6.45, 7) is 12.7. The van der Waals surface area contributed by atoms with Crippen LogP contribution >= 0.6 is 12.2 Å². The van der Waals surface area contributed by atoms with Crippen molar-refractivity contribution in [2.45, 2.75) is 40.5 Å². The lowest BCUT2D eigenvalue weighted by atomic mass is 10.2. The standard InChI is InChI=1S/C13H22N2OS.C2H6/c1-4-7-15(5-2)9-6-8-14(3)11-10-12(16)13(11)17;1-2/h10H,4-9H2,1-3H3;1-2H3. The molecule has 0 bridgehead atoms. The van der Waals surface area contributed by atoms with E-state index in [-0.39, 0.29) is 5.43 Å². The van der Waals surface area contributed by atoms with Gasteiger partial charge in [0.15, 0.2) is 0 Å². The Hall–Kier alpha value is -0.740. The van der Waals surface area contributed by atoms with E-state index >= 15 is 0 Å². The van der Waals surface area contributed by atoms with Crippen LogP contribution in [0.2, 0.25) is 0 Å². The van der Waals surface area contributed by atoms with Gasteiger partial charge in [-0.3, -0.25) is 4.79 Å². The zero-order chi connectivity index (χ0) is 14.8. The number of hydrogen-bond donors (Lipinski definition) is 0. The lowest BCUT2D eigenvalue weighted by Gasteiger charge is -2.24. The first kappa shape index (κ1) is 18.3. The third kappa shape index (κ3) is 5.83. The largest absolute Gasteiger partial charge is 0.373 e. The molecule has 0 fully saturated rings. The lowest BCUT2D eigenvalue weighted by Crippen LogP contribution is -2.30. The number of hydrogen-bond acceptors (Lipinski definition) is 4. The third-order valence-electron chi connectivity index (χ3n) is 3.09. The molecule has 0 saturated carbocycles. The first-order valence-electron chi connectivity index (χ1n) is 7.34. The van der Waals surface area contributed by atoms with Crippen molar-refractivity contribution in [2.24, 2.45) is 0 Å². The van der Waals surface area contributed by atoms with Gasteiger partial charge in [0, 0.05) is 19.7 Å². The molecule has 110 valence electrons. The Morgan fingerprint density at radius 3 is 2.21 bits per heavy atom. The van der Waals surface area contributed by atoms with Gasteiger partial charge in [-0.15, -0.1) is 0 Å². The van der Waals surface area contributed by atoms with E-state index < -0.39 is 0 Å². The van der Waals surface area contributed by atoms with Crippen LogP contribution in [0.3, 0.4) is 0 Å². The normalized spacial score (nSPS) is 10.4. The van der Waals surface area contributed by atoms with Gasteiger partial charge >= 0.3 is 0 Å². The highest BCUT2D eigenvalue weighted by Crippen LogP contribution is 2.13. The summed E-state index contributed by atoms with van der Waals surface area (Å²) in [6.07, 6.45) is 2.31. The highest BCUT2D eigenvalue weighted by Gasteiger charge is 2.10. The molecule has 0 aliphatic carbocycles. The van der Waals surface area contributed by atoms with Crippen molar-refractivity contribution < 1.29 is 0 Å². The summed E-state index contributed by atoms with van der Waals surface area (Å²) in [5.74, 6) is 0. The molecule has 0 spiro atoms. The van der Waals surface area contributed by atoms with Crippen molar-refractivity contribution in [1.82, 2.24) is 4.90 Å². The van der Waals surface area contributed by atoms with E-state index in [0.29, 0.717) is 4.51 Å². The second-order valence-corrected chi connectivity index (χ2v) is 4.84. The highest BCUT2D eigenvalue weighted by molar-refractivity contribution is 7.71. The molecule has 0 unspecified atom stereocenters. The highest BCUT2D eigenvalue weighted by atomic mass is 32.1. The Kier molecular flexibility index (Phi) is 9.70. The van der Waals surface area contributed by atoms with Gasteiger partial charge in [0.2, 0.25) is 5.43 Å². The maximum absolute atomic E-state index is 11.0. The van der Waals surface area contributed by atoms with E-state index in [4.69, 9.17) is 12.2 Å². The van der Waals surface area contributed by atoms with Crippen LogP contribution in [-0.4, -0.2) is 38.1 Å². The summed E-state index contributed by atoms with van der Waals surface area (Å²) in [6, 6.07) is 1.63. The topological polar surface area (TPSA) is 23.6 Å². The summed E-state index contributed by atoms with van der Waals surface area (Å²) in [7, 11) is 2.00. The average molecular weight is 284 g/mol. The fourth-order valence-corrected chi connectivity index (χ4v) is 2.26. The van der Waals surface area contributed by atoms with Gasteiger partial charge in [-0.25, -0.2) is 0 Å². The SMILES string of the molecule is CC.CCCN(CC)CCCN(C)c1cc(=O)c1=S. The van der Waals surface area contributed by atoms with Crippen molar-refractivity contribution in [1.29, 1.82) is 0 Å². The third-order valence-corrected chi connectivity index (χ3v) is 3.50. The van der Waals surface area contributed by atoms with Crippen LogP contribution in [0.1, 0.15) is 40.5 Å². The first-order valence-corrected chi connectivity index (χ1v) is 7.74. The molecule has 0 aliphatic heterocycles. The van der Waals surface area contributed by atoms with Gasteiger partial charge in [0.05, 0.1) is 5.69 Å². The monoisotopic (exact) mass is 284 g/mol. The second-order valence-electron chi connectivity index (χ2n) is 4.43. The fourth-order valence-electron chi connectivity index (χ4n) is 1.98. The molecule has 4 heteroatoms. The van der Waals surface area contributed by atoms with Crippen LogP contribution in [0.25, 0.3) is 0 Å². The maximum Gasteiger partial charge on any atom is 0.200 e. The molecule has 3 nitrogen and oxygen atoms in total. The van der Waals surface area contributed by atoms with Gasteiger partial charge in [-0.2, -0.15) is 0 Å². The second kappa shape index (κ2) is 10.1. The van der Waals surface area contributed by atoms with E-state index in [1.807, 2.05) is 20.9 Å². The molecule has 0 radical (unpaired) electrons. The van der Waals surface area contributed by atoms with Crippen LogP contribution in [0.5, 0.6) is 0 Å². The van der Waals surface area contributed by atoms with Crippen molar-refractivity contribution in [3.05, 3.63) is 20.8 Å². The molecule has 19 heavy (non-hydrogen) atoms. The minimum absolute atomic E-state index is 0.00279. The molecule has 0 aliphatic rings. The quantitative estimate of drug-likeness (QED) is 0.684. The van der Waals surface area contributed by atoms with E-state index in [1.54, 1.807) is 6.07 Å². The van der Waals surface area contributed by atoms with Crippen molar-refractivity contribution in [3.8, 4) is 0 Å². The van der Waals surface area contributed by atoms with Crippen LogP contribution in [0.15, 0.2) is 10.9 Å². The molecule has 0 heterocycles. The summed E-state index contributed by atoms with van der Waals surface area (Å²) < 4.78 is 0.494. The Bertz CT molecular complexity index is 410. The van der Waals surface area contributed by atoms with Gasteiger partial charge in [0.1, 0.15) is 4.51 Å². The molecular formula is C15H28N2OS. The molecule has 1 aromatic carbocycles. The minimum atomic E-state index is 0.00279. The van der Waals surface area contributed by atoms with Crippen LogP contribution in [0, 0.1) is 4.51 Å². The van der Waals surface area contributed by atoms with Gasteiger partial charge in [-0.05, 0) is 32.5 Å². The molecule has 0 atom stereocenters. The minimum Gasteiger partial charge on any atom is -0.373 e.